The van der Waals surface area contributed by atoms with Gasteiger partial charge in [0.05, 0.1) is 11.9 Å². The van der Waals surface area contributed by atoms with Gasteiger partial charge in [-0.25, -0.2) is 12.8 Å². The molecule has 0 heterocycles. The van der Waals surface area contributed by atoms with Crippen LogP contribution in [0.1, 0.15) is 39.2 Å². The Balaban J connectivity index is 2.52. The zero-order valence-corrected chi connectivity index (χ0v) is 22.4. The van der Waals surface area contributed by atoms with Crippen LogP contribution in [-0.4, -0.2) is 50.0 Å². The molecule has 0 aliphatic heterocycles. The van der Waals surface area contributed by atoms with Crippen molar-refractivity contribution in [2.75, 3.05) is 17.1 Å². The van der Waals surface area contributed by atoms with Crippen molar-refractivity contribution in [1.29, 1.82) is 0 Å². The maximum atomic E-state index is 14.5. The average Bonchev–Trinajstić information content (AvgIpc) is 2.78. The zero-order valence-electron chi connectivity index (χ0n) is 20.1. The first-order valence-corrected chi connectivity index (χ1v) is 13.8. The summed E-state index contributed by atoms with van der Waals surface area (Å²) in [6, 6.07) is 9.04. The Morgan fingerprint density at radius 1 is 1.03 bits per heavy atom. The number of halogens is 3. The zero-order chi connectivity index (χ0) is 26.3. The van der Waals surface area contributed by atoms with Gasteiger partial charge in [0.25, 0.3) is 0 Å². The Morgan fingerprint density at radius 3 is 2.14 bits per heavy atom. The predicted molar refractivity (Wildman–Crippen MR) is 138 cm³/mol. The van der Waals surface area contributed by atoms with Gasteiger partial charge in [0, 0.05) is 28.2 Å². The second-order valence-corrected chi connectivity index (χ2v) is 10.9. The molecule has 0 aliphatic rings. The van der Waals surface area contributed by atoms with Crippen LogP contribution < -0.4 is 9.62 Å². The molecule has 0 saturated heterocycles. The van der Waals surface area contributed by atoms with Crippen molar-refractivity contribution in [3.63, 3.8) is 0 Å². The monoisotopic (exact) mass is 545 g/mol. The van der Waals surface area contributed by atoms with E-state index >= 15 is 0 Å². The third kappa shape index (κ3) is 7.56. The molecule has 1 N–H and O–H groups in total. The minimum atomic E-state index is -4.04. The summed E-state index contributed by atoms with van der Waals surface area (Å²) in [4.78, 5) is 27.9. The van der Waals surface area contributed by atoms with Crippen molar-refractivity contribution in [1.82, 2.24) is 10.2 Å². The number of nitrogens with zero attached hydrogens (tertiary/aromatic N) is 2. The first kappa shape index (κ1) is 28.9. The van der Waals surface area contributed by atoms with Gasteiger partial charge in [-0.1, -0.05) is 55.2 Å². The van der Waals surface area contributed by atoms with Crippen LogP contribution in [0.25, 0.3) is 0 Å². The van der Waals surface area contributed by atoms with E-state index < -0.39 is 40.2 Å². The van der Waals surface area contributed by atoms with Gasteiger partial charge in [0.1, 0.15) is 18.4 Å². The van der Waals surface area contributed by atoms with Crippen molar-refractivity contribution in [2.45, 2.75) is 52.2 Å². The molecule has 0 aromatic heterocycles. The fraction of sp³-hybridized carbons (Fsp3) is 0.417. The lowest BCUT2D eigenvalue weighted by Crippen LogP contribution is -2.53. The molecule has 7 nitrogen and oxygen atoms in total. The number of hydrogen-bond acceptors (Lipinski definition) is 4. The number of anilines is 1. The van der Waals surface area contributed by atoms with Crippen molar-refractivity contribution in [3.8, 4) is 0 Å². The van der Waals surface area contributed by atoms with Gasteiger partial charge in [-0.3, -0.25) is 13.9 Å². The van der Waals surface area contributed by atoms with E-state index in [1.54, 1.807) is 25.1 Å². The van der Waals surface area contributed by atoms with E-state index in [0.29, 0.717) is 26.3 Å². The Labute approximate surface area is 216 Å². The minimum Gasteiger partial charge on any atom is -0.352 e. The first-order chi connectivity index (χ1) is 16.4. The fourth-order valence-corrected chi connectivity index (χ4v) is 4.83. The SMILES string of the molecule is CC[C@@H](C)NC(=O)[C@H](CC)N(Cc1c(Cl)cccc1Cl)C(=O)CN(c1ccccc1F)S(C)(=O)=O. The molecule has 2 amide bonds. The highest BCUT2D eigenvalue weighted by molar-refractivity contribution is 7.92. The summed E-state index contributed by atoms with van der Waals surface area (Å²) in [5.41, 5.74) is 0.145. The van der Waals surface area contributed by atoms with Crippen LogP contribution in [0.3, 0.4) is 0 Å². The molecular formula is C24H30Cl2FN3O4S. The molecule has 2 aromatic rings. The Kier molecular flexibility index (Phi) is 10.4. The lowest BCUT2D eigenvalue weighted by molar-refractivity contribution is -0.140. The molecule has 0 fully saturated rings. The lowest BCUT2D eigenvalue weighted by atomic mass is 10.1. The number of carbonyl (C=O) groups excluding carboxylic acids is 2. The lowest BCUT2D eigenvalue weighted by Gasteiger charge is -2.33. The highest BCUT2D eigenvalue weighted by atomic mass is 35.5. The van der Waals surface area contributed by atoms with Gasteiger partial charge >= 0.3 is 0 Å². The molecule has 35 heavy (non-hydrogen) atoms. The number of nitrogens with one attached hydrogen (secondary N) is 1. The van der Waals surface area contributed by atoms with E-state index in [4.69, 9.17) is 23.2 Å². The van der Waals surface area contributed by atoms with Crippen LogP contribution >= 0.6 is 23.2 Å². The topological polar surface area (TPSA) is 86.8 Å². The minimum absolute atomic E-state index is 0.136. The number of carbonyl (C=O) groups is 2. The van der Waals surface area contributed by atoms with Crippen LogP contribution in [0, 0.1) is 5.82 Å². The molecule has 2 rings (SSSR count). The van der Waals surface area contributed by atoms with Crippen molar-refractivity contribution in [2.24, 2.45) is 0 Å². The summed E-state index contributed by atoms with van der Waals surface area (Å²) in [6.45, 7) is 4.64. The molecule has 0 bridgehead atoms. The standard InChI is InChI=1S/C24H30Cl2FN3O4S/c1-5-16(3)28-24(32)21(6-2)29(14-17-18(25)10-9-11-19(17)26)23(31)15-30(35(4,33)34)22-13-8-7-12-20(22)27/h7-13,16,21H,5-6,14-15H2,1-4H3,(H,28,32)/t16-,21+/m1/s1. The predicted octanol–water partition coefficient (Wildman–Crippen LogP) is 4.62. The average molecular weight is 546 g/mol. The highest BCUT2D eigenvalue weighted by Gasteiger charge is 2.33. The molecule has 0 saturated carbocycles. The van der Waals surface area contributed by atoms with E-state index in [9.17, 15) is 22.4 Å². The summed E-state index contributed by atoms with van der Waals surface area (Å²) in [7, 11) is -4.04. The smallest absolute Gasteiger partial charge is 0.244 e. The van der Waals surface area contributed by atoms with Gasteiger partial charge < -0.3 is 10.2 Å². The van der Waals surface area contributed by atoms with Crippen LogP contribution in [0.15, 0.2) is 42.5 Å². The highest BCUT2D eigenvalue weighted by Crippen LogP contribution is 2.28. The van der Waals surface area contributed by atoms with E-state index in [1.165, 1.54) is 23.1 Å². The second kappa shape index (κ2) is 12.6. The number of amides is 2. The van der Waals surface area contributed by atoms with Gasteiger partial charge in [-0.15, -0.1) is 0 Å². The van der Waals surface area contributed by atoms with E-state index in [2.05, 4.69) is 5.32 Å². The molecule has 0 radical (unpaired) electrons. The maximum Gasteiger partial charge on any atom is 0.244 e. The number of para-hydroxylation sites is 1. The molecule has 11 heteroatoms. The summed E-state index contributed by atoms with van der Waals surface area (Å²) in [6.07, 6.45) is 1.81. The first-order valence-electron chi connectivity index (χ1n) is 11.2. The molecule has 0 aliphatic carbocycles. The van der Waals surface area contributed by atoms with Crippen molar-refractivity contribution >= 4 is 50.7 Å². The quantitative estimate of drug-likeness (QED) is 0.446. The molecule has 0 spiro atoms. The maximum absolute atomic E-state index is 14.5. The van der Waals surface area contributed by atoms with Gasteiger partial charge in [-0.2, -0.15) is 0 Å². The van der Waals surface area contributed by atoms with Crippen molar-refractivity contribution in [3.05, 3.63) is 63.9 Å². The second-order valence-electron chi connectivity index (χ2n) is 8.18. The number of sulfonamides is 1. The van der Waals surface area contributed by atoms with Crippen LogP contribution in [0.4, 0.5) is 10.1 Å². The Hall–Kier alpha value is -2.36. The van der Waals surface area contributed by atoms with Gasteiger partial charge in [0.2, 0.25) is 21.8 Å². The molecule has 2 aromatic carbocycles. The Morgan fingerprint density at radius 2 is 1.63 bits per heavy atom. The summed E-state index contributed by atoms with van der Waals surface area (Å²) in [5.74, 6) is -1.90. The van der Waals surface area contributed by atoms with Crippen molar-refractivity contribution < 1.29 is 22.4 Å². The molecular weight excluding hydrogens is 516 g/mol. The van der Waals surface area contributed by atoms with Crippen LogP contribution in [0.2, 0.25) is 10.0 Å². The number of rotatable bonds is 11. The molecule has 192 valence electrons. The third-order valence-corrected chi connectivity index (χ3v) is 7.41. The normalized spacial score (nSPS) is 13.1. The van der Waals surface area contributed by atoms with Crippen LogP contribution in [0.5, 0.6) is 0 Å². The number of benzene rings is 2. The largest absolute Gasteiger partial charge is 0.352 e. The molecule has 2 atom stereocenters. The van der Waals surface area contributed by atoms with Gasteiger partial charge in [0.15, 0.2) is 0 Å². The summed E-state index contributed by atoms with van der Waals surface area (Å²) in [5, 5.41) is 3.45. The van der Waals surface area contributed by atoms with Gasteiger partial charge in [-0.05, 0) is 44.0 Å². The molecule has 0 unspecified atom stereocenters. The third-order valence-electron chi connectivity index (χ3n) is 5.58. The Bertz CT molecular complexity index is 1140. The van der Waals surface area contributed by atoms with Crippen LogP contribution in [-0.2, 0) is 26.2 Å². The summed E-state index contributed by atoms with van der Waals surface area (Å²) < 4.78 is 40.2. The fourth-order valence-electron chi connectivity index (χ4n) is 3.46. The summed E-state index contributed by atoms with van der Waals surface area (Å²) >= 11 is 12.7. The van der Waals surface area contributed by atoms with E-state index in [1.807, 2.05) is 13.8 Å². The van der Waals surface area contributed by atoms with E-state index in [0.717, 1.165) is 12.3 Å². The van der Waals surface area contributed by atoms with E-state index in [-0.39, 0.29) is 24.7 Å². The number of hydrogen-bond donors (Lipinski definition) is 1.